The molecule has 0 aliphatic carbocycles. The van der Waals surface area contributed by atoms with Gasteiger partial charge in [-0.1, -0.05) is 6.07 Å². The topological polar surface area (TPSA) is 84.8 Å². The second kappa shape index (κ2) is 5.75. The maximum Gasteiger partial charge on any atom is 0.147 e. The minimum absolute atomic E-state index is 0.292. The summed E-state index contributed by atoms with van der Waals surface area (Å²) in [4.78, 5) is 8.08. The Bertz CT molecular complexity index is 560. The molecule has 90 valence electrons. The van der Waals surface area contributed by atoms with Crippen molar-refractivity contribution in [2.75, 3.05) is 0 Å². The maximum absolute atomic E-state index is 8.89. The van der Waals surface area contributed by atoms with Crippen LogP contribution in [-0.4, -0.2) is 9.97 Å². The second-order valence-electron chi connectivity index (χ2n) is 3.60. The van der Waals surface area contributed by atoms with E-state index in [1.165, 1.54) is 0 Å². The molecule has 0 unspecified atom stereocenters. The Morgan fingerprint density at radius 1 is 1.28 bits per heavy atom. The Labute approximate surface area is 105 Å². The zero-order valence-corrected chi connectivity index (χ0v) is 9.71. The smallest absolute Gasteiger partial charge is 0.147 e. The second-order valence-corrected chi connectivity index (χ2v) is 3.60. The van der Waals surface area contributed by atoms with Gasteiger partial charge in [-0.3, -0.25) is 4.98 Å². The number of pyridine rings is 2. The van der Waals surface area contributed by atoms with E-state index in [0.29, 0.717) is 24.6 Å². The molecule has 0 aromatic carbocycles. The minimum Gasteiger partial charge on any atom is -0.487 e. The van der Waals surface area contributed by atoms with Crippen LogP contribution in [0.3, 0.4) is 0 Å². The molecule has 2 aromatic heterocycles. The van der Waals surface area contributed by atoms with Gasteiger partial charge in [-0.2, -0.15) is 5.26 Å². The molecule has 0 radical (unpaired) electrons. The molecule has 2 aromatic rings. The number of aromatic nitrogens is 2. The lowest BCUT2D eigenvalue weighted by Gasteiger charge is -2.07. The molecule has 0 aliphatic heterocycles. The molecule has 0 saturated carbocycles. The number of hydrogen-bond acceptors (Lipinski definition) is 5. The molecule has 0 spiro atoms. The average Bonchev–Trinajstić information content (AvgIpc) is 2.46. The van der Waals surface area contributed by atoms with E-state index in [-0.39, 0.29) is 0 Å². The van der Waals surface area contributed by atoms with Crippen molar-refractivity contribution in [1.29, 1.82) is 5.26 Å². The normalized spacial score (nSPS) is 9.78. The van der Waals surface area contributed by atoms with Crippen LogP contribution in [0.25, 0.3) is 0 Å². The molecule has 0 amide bonds. The van der Waals surface area contributed by atoms with E-state index in [4.69, 9.17) is 15.7 Å². The Morgan fingerprint density at radius 2 is 2.17 bits per heavy atom. The van der Waals surface area contributed by atoms with Crippen LogP contribution in [0.5, 0.6) is 5.75 Å². The van der Waals surface area contributed by atoms with Crippen molar-refractivity contribution < 1.29 is 4.74 Å². The lowest BCUT2D eigenvalue weighted by atomic mass is 10.2. The van der Waals surface area contributed by atoms with Gasteiger partial charge in [-0.15, -0.1) is 0 Å². The van der Waals surface area contributed by atoms with Gasteiger partial charge in [0, 0.05) is 18.3 Å². The fourth-order valence-electron chi connectivity index (χ4n) is 1.43. The third-order valence-electron chi connectivity index (χ3n) is 2.40. The van der Waals surface area contributed by atoms with Crippen LogP contribution in [0, 0.1) is 11.3 Å². The van der Waals surface area contributed by atoms with E-state index >= 15 is 0 Å². The van der Waals surface area contributed by atoms with Gasteiger partial charge in [-0.25, -0.2) is 4.98 Å². The predicted molar refractivity (Wildman–Crippen MR) is 65.4 cm³/mol. The summed E-state index contributed by atoms with van der Waals surface area (Å²) in [5.74, 6) is 0.639. The number of hydrogen-bond donors (Lipinski definition) is 1. The van der Waals surface area contributed by atoms with Crippen molar-refractivity contribution in [3.63, 3.8) is 0 Å². The van der Waals surface area contributed by atoms with Gasteiger partial charge in [0.05, 0.1) is 11.9 Å². The summed E-state index contributed by atoms with van der Waals surface area (Å²) in [6, 6.07) is 9.23. The fraction of sp³-hybridized carbons (Fsp3) is 0.154. The SMILES string of the molecule is N#Cc1ncccc1COc1ccc(CN)nc1. The van der Waals surface area contributed by atoms with E-state index in [2.05, 4.69) is 9.97 Å². The monoisotopic (exact) mass is 240 g/mol. The number of ether oxygens (including phenoxy) is 1. The third-order valence-corrected chi connectivity index (χ3v) is 2.40. The molecule has 0 bridgehead atoms. The highest BCUT2D eigenvalue weighted by Gasteiger charge is 2.03. The number of nitriles is 1. The zero-order chi connectivity index (χ0) is 12.8. The molecule has 2 heterocycles. The molecule has 0 saturated heterocycles. The van der Waals surface area contributed by atoms with Crippen molar-refractivity contribution in [1.82, 2.24) is 9.97 Å². The lowest BCUT2D eigenvalue weighted by molar-refractivity contribution is 0.304. The first-order valence-electron chi connectivity index (χ1n) is 5.45. The van der Waals surface area contributed by atoms with E-state index < -0.39 is 0 Å². The Hall–Kier alpha value is -2.45. The summed E-state index contributed by atoms with van der Waals surface area (Å²) in [5, 5.41) is 8.89. The summed E-state index contributed by atoms with van der Waals surface area (Å²) in [5.41, 5.74) is 7.39. The van der Waals surface area contributed by atoms with Gasteiger partial charge in [-0.05, 0) is 18.2 Å². The van der Waals surface area contributed by atoms with E-state index in [9.17, 15) is 0 Å². The van der Waals surface area contributed by atoms with Gasteiger partial charge in [0.25, 0.3) is 0 Å². The summed E-state index contributed by atoms with van der Waals surface area (Å²) < 4.78 is 5.54. The highest BCUT2D eigenvalue weighted by Crippen LogP contribution is 2.13. The first kappa shape index (κ1) is 12.0. The molecule has 2 N–H and O–H groups in total. The highest BCUT2D eigenvalue weighted by atomic mass is 16.5. The first-order valence-corrected chi connectivity index (χ1v) is 5.45. The standard InChI is InChI=1S/C13H12N4O/c14-6-11-3-4-12(8-17-11)18-9-10-2-1-5-16-13(10)7-15/h1-5,8H,6,9,14H2. The van der Waals surface area contributed by atoms with Gasteiger partial charge in [0.1, 0.15) is 24.1 Å². The molecule has 18 heavy (non-hydrogen) atoms. The van der Waals surface area contributed by atoms with E-state index in [1.54, 1.807) is 24.5 Å². The third kappa shape index (κ3) is 2.81. The number of rotatable bonds is 4. The van der Waals surface area contributed by atoms with Gasteiger partial charge in [0.15, 0.2) is 0 Å². The minimum atomic E-state index is 0.292. The Kier molecular flexibility index (Phi) is 3.84. The Morgan fingerprint density at radius 3 is 2.83 bits per heavy atom. The lowest BCUT2D eigenvalue weighted by Crippen LogP contribution is -2.02. The highest BCUT2D eigenvalue weighted by molar-refractivity contribution is 5.30. The van der Waals surface area contributed by atoms with E-state index in [1.807, 2.05) is 18.2 Å². The summed E-state index contributed by atoms with van der Waals surface area (Å²) in [6.07, 6.45) is 3.20. The van der Waals surface area contributed by atoms with Gasteiger partial charge >= 0.3 is 0 Å². The summed E-state index contributed by atoms with van der Waals surface area (Å²) in [6.45, 7) is 0.696. The average molecular weight is 240 g/mol. The summed E-state index contributed by atoms with van der Waals surface area (Å²) in [7, 11) is 0. The van der Waals surface area contributed by atoms with Crippen LogP contribution in [0.1, 0.15) is 17.0 Å². The molecule has 0 fully saturated rings. The van der Waals surface area contributed by atoms with Gasteiger partial charge in [0.2, 0.25) is 0 Å². The molecular formula is C13H12N4O. The van der Waals surface area contributed by atoms with Crippen LogP contribution in [0.4, 0.5) is 0 Å². The Balaban J connectivity index is 2.05. The molecule has 0 aliphatic rings. The predicted octanol–water partition coefficient (Wildman–Crippen LogP) is 1.39. The molecule has 0 atom stereocenters. The van der Waals surface area contributed by atoms with Crippen molar-refractivity contribution in [2.24, 2.45) is 5.73 Å². The van der Waals surface area contributed by atoms with Crippen LogP contribution in [0.15, 0.2) is 36.7 Å². The zero-order valence-electron chi connectivity index (χ0n) is 9.71. The maximum atomic E-state index is 8.89. The van der Waals surface area contributed by atoms with Gasteiger partial charge < -0.3 is 10.5 Å². The largest absolute Gasteiger partial charge is 0.487 e. The molecular weight excluding hydrogens is 228 g/mol. The first-order chi connectivity index (χ1) is 8.83. The van der Waals surface area contributed by atoms with Crippen molar-refractivity contribution in [3.8, 4) is 11.8 Å². The summed E-state index contributed by atoms with van der Waals surface area (Å²) >= 11 is 0. The van der Waals surface area contributed by atoms with Crippen LogP contribution in [0.2, 0.25) is 0 Å². The van der Waals surface area contributed by atoms with Crippen molar-refractivity contribution in [3.05, 3.63) is 53.6 Å². The van der Waals surface area contributed by atoms with Crippen LogP contribution in [-0.2, 0) is 13.2 Å². The molecule has 2 rings (SSSR count). The number of nitrogens with zero attached hydrogens (tertiary/aromatic N) is 3. The quantitative estimate of drug-likeness (QED) is 0.872. The van der Waals surface area contributed by atoms with Crippen LogP contribution >= 0.6 is 0 Å². The molecule has 5 nitrogen and oxygen atoms in total. The van der Waals surface area contributed by atoms with Crippen molar-refractivity contribution >= 4 is 0 Å². The van der Waals surface area contributed by atoms with E-state index in [0.717, 1.165) is 11.3 Å². The van der Waals surface area contributed by atoms with Crippen LogP contribution < -0.4 is 10.5 Å². The fourth-order valence-corrected chi connectivity index (χ4v) is 1.43. The van der Waals surface area contributed by atoms with Crippen molar-refractivity contribution in [2.45, 2.75) is 13.2 Å². The number of nitrogens with two attached hydrogens (primary N) is 1. The molecule has 5 heteroatoms.